The van der Waals surface area contributed by atoms with E-state index in [1.807, 2.05) is 0 Å². The molecule has 0 aliphatic heterocycles. The first-order valence-electron chi connectivity index (χ1n) is 7.72. The van der Waals surface area contributed by atoms with E-state index >= 15 is 0 Å². The number of carbonyl (C=O) groups is 1. The van der Waals surface area contributed by atoms with Gasteiger partial charge in [-0.25, -0.2) is 4.68 Å². The van der Waals surface area contributed by atoms with Crippen LogP contribution < -0.4 is 10.1 Å². The normalized spacial score (nSPS) is 11.3. The quantitative estimate of drug-likeness (QED) is 0.619. The highest BCUT2D eigenvalue weighted by atomic mass is 79.9. The minimum atomic E-state index is -4.46. The summed E-state index contributed by atoms with van der Waals surface area (Å²) in [4.78, 5) is 12.4. The molecule has 0 atom stereocenters. The van der Waals surface area contributed by atoms with Crippen molar-refractivity contribution >= 4 is 27.5 Å². The molecule has 0 fully saturated rings. The van der Waals surface area contributed by atoms with E-state index in [1.54, 1.807) is 47.4 Å². The fraction of sp³-hybridized carbons (Fsp3) is 0.111. The van der Waals surface area contributed by atoms with E-state index in [4.69, 9.17) is 4.74 Å². The predicted octanol–water partition coefficient (Wildman–Crippen LogP) is 4.83. The van der Waals surface area contributed by atoms with Crippen LogP contribution in [-0.2, 0) is 0 Å². The summed E-state index contributed by atoms with van der Waals surface area (Å²) in [5.74, 6) is -0.521. The molecule has 0 radical (unpaired) electrons. The molecule has 1 heterocycles. The van der Waals surface area contributed by atoms with E-state index in [2.05, 4.69) is 26.3 Å². The molecule has 140 valence electrons. The number of rotatable bonds is 5. The van der Waals surface area contributed by atoms with Crippen molar-refractivity contribution in [1.82, 2.24) is 9.78 Å². The van der Waals surface area contributed by atoms with Crippen LogP contribution in [0.4, 0.5) is 18.9 Å². The molecule has 1 amide bonds. The van der Waals surface area contributed by atoms with Gasteiger partial charge in [-0.3, -0.25) is 4.79 Å². The van der Waals surface area contributed by atoms with Crippen molar-refractivity contribution in [2.24, 2.45) is 0 Å². The molecule has 0 aliphatic rings. The molecule has 0 bridgehead atoms. The highest BCUT2D eigenvalue weighted by Crippen LogP contribution is 2.27. The summed E-state index contributed by atoms with van der Waals surface area (Å²) in [5, 5.41) is 6.71. The number of alkyl halides is 3. The zero-order valence-electron chi connectivity index (χ0n) is 13.7. The predicted molar refractivity (Wildman–Crippen MR) is 97.2 cm³/mol. The van der Waals surface area contributed by atoms with Gasteiger partial charge in [0.05, 0.1) is 22.0 Å². The molecule has 3 aromatic rings. The first kappa shape index (κ1) is 19.0. The van der Waals surface area contributed by atoms with Gasteiger partial charge < -0.3 is 10.1 Å². The van der Waals surface area contributed by atoms with Gasteiger partial charge in [0, 0.05) is 11.8 Å². The Morgan fingerprint density at radius 3 is 2.48 bits per heavy atom. The highest BCUT2D eigenvalue weighted by Gasteiger charge is 2.28. The van der Waals surface area contributed by atoms with Crippen LogP contribution in [0.15, 0.2) is 65.4 Å². The first-order chi connectivity index (χ1) is 12.8. The number of para-hydroxylation sites is 2. The van der Waals surface area contributed by atoms with Gasteiger partial charge in [0.1, 0.15) is 5.75 Å². The number of nitrogens with one attached hydrogen (secondary N) is 1. The Balaban J connectivity index is 1.72. The molecule has 27 heavy (non-hydrogen) atoms. The minimum absolute atomic E-state index is 0.0545. The number of carbonyl (C=O) groups excluding carboxylic acids is 1. The molecule has 5 nitrogen and oxygen atoms in total. The largest absolute Gasteiger partial charge is 0.482 e. The lowest BCUT2D eigenvalue weighted by Crippen LogP contribution is -2.20. The van der Waals surface area contributed by atoms with Crippen molar-refractivity contribution in [3.63, 3.8) is 0 Å². The fourth-order valence-corrected chi connectivity index (χ4v) is 2.54. The van der Waals surface area contributed by atoms with Crippen LogP contribution in [0.1, 0.15) is 10.4 Å². The van der Waals surface area contributed by atoms with Gasteiger partial charge in [0.25, 0.3) is 5.91 Å². The molecular formula is C18H13BrF3N3O2. The lowest BCUT2D eigenvalue weighted by atomic mass is 10.2. The maximum Gasteiger partial charge on any atom is 0.422 e. The number of aromatic nitrogens is 2. The summed E-state index contributed by atoms with van der Waals surface area (Å²) >= 11 is 3.31. The van der Waals surface area contributed by atoms with Crippen molar-refractivity contribution in [3.05, 3.63) is 71.0 Å². The molecule has 2 aromatic carbocycles. The van der Waals surface area contributed by atoms with Gasteiger partial charge >= 0.3 is 6.18 Å². The number of benzene rings is 2. The first-order valence-corrected chi connectivity index (χ1v) is 8.52. The average Bonchev–Trinajstić information content (AvgIpc) is 3.07. The Kier molecular flexibility index (Phi) is 5.50. The third kappa shape index (κ3) is 5.10. The van der Waals surface area contributed by atoms with Gasteiger partial charge in [0.2, 0.25) is 0 Å². The molecule has 3 rings (SSSR count). The van der Waals surface area contributed by atoms with E-state index in [0.717, 1.165) is 10.2 Å². The highest BCUT2D eigenvalue weighted by molar-refractivity contribution is 9.10. The monoisotopic (exact) mass is 439 g/mol. The van der Waals surface area contributed by atoms with E-state index in [0.29, 0.717) is 5.56 Å². The summed E-state index contributed by atoms with van der Waals surface area (Å²) in [7, 11) is 0. The second-order valence-electron chi connectivity index (χ2n) is 5.50. The van der Waals surface area contributed by atoms with E-state index in [9.17, 15) is 18.0 Å². The zero-order chi connectivity index (χ0) is 19.4. The molecule has 1 N–H and O–H groups in total. The van der Waals surface area contributed by atoms with E-state index in [1.165, 1.54) is 18.2 Å². The van der Waals surface area contributed by atoms with Gasteiger partial charge in [-0.05, 0) is 52.3 Å². The number of hydrogen-bond donors (Lipinski definition) is 1. The second kappa shape index (κ2) is 7.83. The average molecular weight is 440 g/mol. The van der Waals surface area contributed by atoms with Crippen LogP contribution in [0.2, 0.25) is 0 Å². The van der Waals surface area contributed by atoms with Crippen LogP contribution in [-0.4, -0.2) is 28.5 Å². The van der Waals surface area contributed by atoms with Crippen molar-refractivity contribution in [3.8, 4) is 11.4 Å². The standard InChI is InChI=1S/C18H13BrF3N3O2/c19-13-9-23-25(10-13)14-7-5-12(6-8-14)17(26)24-15-3-1-2-4-16(15)27-11-18(20,21)22/h1-10H,11H2,(H,24,26). The number of nitrogens with zero attached hydrogens (tertiary/aromatic N) is 2. The smallest absolute Gasteiger partial charge is 0.422 e. The lowest BCUT2D eigenvalue weighted by Gasteiger charge is -2.14. The molecular weight excluding hydrogens is 427 g/mol. The number of hydrogen-bond acceptors (Lipinski definition) is 3. The molecule has 0 spiro atoms. The van der Waals surface area contributed by atoms with Crippen molar-refractivity contribution in [1.29, 1.82) is 0 Å². The molecule has 0 saturated heterocycles. The Bertz CT molecular complexity index is 940. The van der Waals surface area contributed by atoms with Crippen LogP contribution in [0.5, 0.6) is 5.75 Å². The van der Waals surface area contributed by atoms with Crippen LogP contribution in [0, 0.1) is 0 Å². The number of halogens is 4. The van der Waals surface area contributed by atoms with Gasteiger partial charge in [0.15, 0.2) is 6.61 Å². The molecule has 0 aliphatic carbocycles. The maximum absolute atomic E-state index is 12.4. The Hall–Kier alpha value is -2.81. The summed E-state index contributed by atoms with van der Waals surface area (Å²) in [6.07, 6.45) is -1.06. The Morgan fingerprint density at radius 1 is 1.15 bits per heavy atom. The van der Waals surface area contributed by atoms with E-state index < -0.39 is 18.7 Å². The molecule has 1 aromatic heterocycles. The Morgan fingerprint density at radius 2 is 1.85 bits per heavy atom. The van der Waals surface area contributed by atoms with Crippen LogP contribution >= 0.6 is 15.9 Å². The molecule has 0 unspecified atom stereocenters. The topological polar surface area (TPSA) is 56.1 Å². The van der Waals surface area contributed by atoms with E-state index in [-0.39, 0.29) is 11.4 Å². The number of anilines is 1. The minimum Gasteiger partial charge on any atom is -0.482 e. The lowest BCUT2D eigenvalue weighted by molar-refractivity contribution is -0.153. The van der Waals surface area contributed by atoms with Gasteiger partial charge in [-0.1, -0.05) is 12.1 Å². The Labute approximate surface area is 160 Å². The summed E-state index contributed by atoms with van der Waals surface area (Å²) < 4.78 is 44.3. The third-order valence-corrected chi connectivity index (χ3v) is 3.88. The summed E-state index contributed by atoms with van der Waals surface area (Å²) in [5.41, 5.74) is 1.26. The third-order valence-electron chi connectivity index (χ3n) is 3.47. The fourth-order valence-electron chi connectivity index (χ4n) is 2.26. The van der Waals surface area contributed by atoms with Crippen LogP contribution in [0.3, 0.4) is 0 Å². The van der Waals surface area contributed by atoms with Gasteiger partial charge in [-0.2, -0.15) is 18.3 Å². The van der Waals surface area contributed by atoms with Crippen molar-refractivity contribution < 1.29 is 22.7 Å². The number of amides is 1. The van der Waals surface area contributed by atoms with Crippen LogP contribution in [0.25, 0.3) is 5.69 Å². The summed E-state index contributed by atoms with van der Waals surface area (Å²) in [6.45, 7) is -1.44. The maximum atomic E-state index is 12.4. The molecule has 9 heteroatoms. The number of ether oxygens (including phenoxy) is 1. The molecule has 0 saturated carbocycles. The van der Waals surface area contributed by atoms with Gasteiger partial charge in [-0.15, -0.1) is 0 Å². The zero-order valence-corrected chi connectivity index (χ0v) is 15.3. The summed E-state index contributed by atoms with van der Waals surface area (Å²) in [6, 6.07) is 12.6. The van der Waals surface area contributed by atoms with Crippen molar-refractivity contribution in [2.75, 3.05) is 11.9 Å². The SMILES string of the molecule is O=C(Nc1ccccc1OCC(F)(F)F)c1ccc(-n2cc(Br)cn2)cc1. The second-order valence-corrected chi connectivity index (χ2v) is 6.42. The van der Waals surface area contributed by atoms with Crippen molar-refractivity contribution in [2.45, 2.75) is 6.18 Å².